The molecule has 1 aromatic carbocycles. The summed E-state index contributed by atoms with van der Waals surface area (Å²) in [5, 5.41) is 0. The van der Waals surface area contributed by atoms with Gasteiger partial charge in [-0.1, -0.05) is 0 Å². The molecule has 0 spiro atoms. The zero-order valence-electron chi connectivity index (χ0n) is 8.07. The molecule has 2 N–H and O–H groups in total. The molecular formula is C9H14N2OS. The van der Waals surface area contributed by atoms with Crippen LogP contribution in [0.25, 0.3) is 0 Å². The van der Waals surface area contributed by atoms with Crippen LogP contribution in [0.3, 0.4) is 0 Å². The number of anilines is 1. The van der Waals surface area contributed by atoms with E-state index in [9.17, 15) is 4.21 Å². The summed E-state index contributed by atoms with van der Waals surface area (Å²) in [7, 11) is -2.08. The number of benzene rings is 1. The smallest absolute Gasteiger partial charge is 0.0760 e. The van der Waals surface area contributed by atoms with Gasteiger partial charge in [0.1, 0.15) is 0 Å². The van der Waals surface area contributed by atoms with Crippen LogP contribution >= 0.6 is 0 Å². The van der Waals surface area contributed by atoms with Crippen molar-refractivity contribution < 1.29 is 4.21 Å². The molecule has 0 unspecified atom stereocenters. The van der Waals surface area contributed by atoms with Crippen LogP contribution in [0, 0.1) is 6.92 Å². The number of aryl methyl sites for hydroxylation is 1. The average molecular weight is 198 g/mol. The Labute approximate surface area is 79.1 Å². The largest absolute Gasteiger partial charge is 0.399 e. The van der Waals surface area contributed by atoms with Crippen molar-refractivity contribution in [2.45, 2.75) is 6.92 Å². The fourth-order valence-corrected chi connectivity index (χ4v) is 1.70. The minimum absolute atomic E-state index is 0.704. The molecule has 0 bridgehead atoms. The molecule has 0 aliphatic heterocycles. The fraction of sp³-hybridized carbons (Fsp3) is 0.333. The van der Waals surface area contributed by atoms with E-state index in [1.165, 1.54) is 0 Å². The molecule has 1 rings (SSSR count). The predicted octanol–water partition coefficient (Wildman–Crippen LogP) is 1.94. The van der Waals surface area contributed by atoms with Gasteiger partial charge in [0.05, 0.1) is 5.69 Å². The van der Waals surface area contributed by atoms with E-state index in [2.05, 4.69) is 4.36 Å². The van der Waals surface area contributed by atoms with Gasteiger partial charge in [-0.3, -0.25) is 0 Å². The molecule has 0 heterocycles. The van der Waals surface area contributed by atoms with Crippen molar-refractivity contribution in [2.24, 2.45) is 4.36 Å². The number of nitrogens with zero attached hydrogens (tertiary/aromatic N) is 1. The monoisotopic (exact) mass is 198 g/mol. The Morgan fingerprint density at radius 2 is 2.00 bits per heavy atom. The first-order valence-electron chi connectivity index (χ1n) is 3.92. The molecule has 0 fully saturated rings. The molecule has 4 heteroatoms. The van der Waals surface area contributed by atoms with Gasteiger partial charge >= 0.3 is 0 Å². The zero-order valence-corrected chi connectivity index (χ0v) is 8.89. The third-order valence-corrected chi connectivity index (χ3v) is 2.18. The molecule has 0 atom stereocenters. The summed E-state index contributed by atoms with van der Waals surface area (Å²) in [6.07, 6.45) is 3.23. The van der Waals surface area contributed by atoms with Crippen LogP contribution in [-0.2, 0) is 9.73 Å². The van der Waals surface area contributed by atoms with Crippen molar-refractivity contribution in [3.8, 4) is 0 Å². The maximum Gasteiger partial charge on any atom is 0.0760 e. The molecule has 13 heavy (non-hydrogen) atoms. The van der Waals surface area contributed by atoms with Gasteiger partial charge in [0.15, 0.2) is 0 Å². The third-order valence-electron chi connectivity index (χ3n) is 1.54. The van der Waals surface area contributed by atoms with Crippen LogP contribution in [-0.4, -0.2) is 16.7 Å². The molecule has 0 saturated carbocycles. The third kappa shape index (κ3) is 3.06. The van der Waals surface area contributed by atoms with Crippen molar-refractivity contribution >= 4 is 21.1 Å². The minimum Gasteiger partial charge on any atom is -0.399 e. The van der Waals surface area contributed by atoms with Gasteiger partial charge < -0.3 is 5.73 Å². The van der Waals surface area contributed by atoms with E-state index >= 15 is 0 Å². The fourth-order valence-electron chi connectivity index (χ4n) is 1.02. The first-order chi connectivity index (χ1) is 5.88. The van der Waals surface area contributed by atoms with Crippen LogP contribution < -0.4 is 5.73 Å². The molecule has 1 aromatic rings. The summed E-state index contributed by atoms with van der Waals surface area (Å²) >= 11 is 0. The maximum atomic E-state index is 11.4. The Balaban J connectivity index is 3.26. The standard InChI is InChI=1S/C9H14N2OS/c1-7-6-8(10)4-5-9(7)11-13(2,3)12/h4-6H,10H2,1-3H3. The SMILES string of the molecule is Cc1cc(N)ccc1N=S(C)(C)=O. The van der Waals surface area contributed by atoms with Crippen LogP contribution in [0.5, 0.6) is 0 Å². The molecule has 0 saturated heterocycles. The number of rotatable bonds is 1. The summed E-state index contributed by atoms with van der Waals surface area (Å²) in [5.74, 6) is 0. The van der Waals surface area contributed by atoms with Gasteiger partial charge in [-0.05, 0) is 30.7 Å². The Hall–Kier alpha value is -1.03. The summed E-state index contributed by atoms with van der Waals surface area (Å²) in [5.41, 5.74) is 7.99. The number of nitrogens with two attached hydrogens (primary N) is 1. The topological polar surface area (TPSA) is 55.4 Å². The first-order valence-corrected chi connectivity index (χ1v) is 6.25. The highest BCUT2D eigenvalue weighted by Crippen LogP contribution is 2.21. The van der Waals surface area contributed by atoms with E-state index in [4.69, 9.17) is 5.73 Å². The van der Waals surface area contributed by atoms with E-state index < -0.39 is 9.73 Å². The van der Waals surface area contributed by atoms with E-state index in [1.807, 2.05) is 13.0 Å². The molecule has 72 valence electrons. The average Bonchev–Trinajstić information content (AvgIpc) is 1.93. The zero-order chi connectivity index (χ0) is 10.1. The summed E-state index contributed by atoms with van der Waals surface area (Å²) in [6.45, 7) is 1.90. The summed E-state index contributed by atoms with van der Waals surface area (Å²) in [6, 6.07) is 5.37. The van der Waals surface area contributed by atoms with Crippen molar-refractivity contribution in [3.05, 3.63) is 23.8 Å². The van der Waals surface area contributed by atoms with Crippen LogP contribution in [0.2, 0.25) is 0 Å². The lowest BCUT2D eigenvalue weighted by molar-refractivity contribution is 0.684. The number of hydrogen-bond donors (Lipinski definition) is 1. The predicted molar refractivity (Wildman–Crippen MR) is 57.7 cm³/mol. The molecule has 0 aliphatic rings. The molecule has 3 nitrogen and oxygen atoms in total. The second-order valence-electron chi connectivity index (χ2n) is 3.32. The Bertz CT molecular complexity index is 423. The Morgan fingerprint density at radius 3 is 2.46 bits per heavy atom. The van der Waals surface area contributed by atoms with Gasteiger partial charge in [-0.25, -0.2) is 4.21 Å². The summed E-state index contributed by atoms with van der Waals surface area (Å²) in [4.78, 5) is 0. The Kier molecular flexibility index (Phi) is 2.61. The van der Waals surface area contributed by atoms with Crippen LogP contribution in [0.4, 0.5) is 11.4 Å². The number of hydrogen-bond acceptors (Lipinski definition) is 3. The molecule has 0 aromatic heterocycles. The second kappa shape index (κ2) is 3.38. The highest BCUT2D eigenvalue weighted by molar-refractivity contribution is 7.92. The highest BCUT2D eigenvalue weighted by atomic mass is 32.2. The van der Waals surface area contributed by atoms with E-state index in [1.54, 1.807) is 24.6 Å². The molecular weight excluding hydrogens is 184 g/mol. The van der Waals surface area contributed by atoms with Crippen molar-refractivity contribution in [1.29, 1.82) is 0 Å². The lowest BCUT2D eigenvalue weighted by Crippen LogP contribution is -1.91. The first kappa shape index (κ1) is 10.1. The van der Waals surface area contributed by atoms with Gasteiger partial charge in [0.25, 0.3) is 0 Å². The highest BCUT2D eigenvalue weighted by Gasteiger charge is 1.98. The van der Waals surface area contributed by atoms with Crippen LogP contribution in [0.1, 0.15) is 5.56 Å². The van der Waals surface area contributed by atoms with Crippen molar-refractivity contribution in [1.82, 2.24) is 0 Å². The normalized spacial score (nSPS) is 11.3. The lowest BCUT2D eigenvalue weighted by atomic mass is 10.2. The lowest BCUT2D eigenvalue weighted by Gasteiger charge is -2.02. The van der Waals surface area contributed by atoms with Crippen molar-refractivity contribution in [2.75, 3.05) is 18.2 Å². The molecule has 0 amide bonds. The van der Waals surface area contributed by atoms with Crippen LogP contribution in [0.15, 0.2) is 22.6 Å². The minimum atomic E-state index is -2.08. The van der Waals surface area contributed by atoms with Crippen molar-refractivity contribution in [3.63, 3.8) is 0 Å². The maximum absolute atomic E-state index is 11.4. The molecule has 0 aliphatic carbocycles. The van der Waals surface area contributed by atoms with Gasteiger partial charge in [0, 0.05) is 27.9 Å². The van der Waals surface area contributed by atoms with Gasteiger partial charge in [-0.2, -0.15) is 4.36 Å². The Morgan fingerprint density at radius 1 is 1.38 bits per heavy atom. The van der Waals surface area contributed by atoms with Gasteiger partial charge in [0.2, 0.25) is 0 Å². The van der Waals surface area contributed by atoms with E-state index in [0.717, 1.165) is 11.3 Å². The quantitative estimate of drug-likeness (QED) is 0.701. The van der Waals surface area contributed by atoms with Gasteiger partial charge in [-0.15, -0.1) is 0 Å². The second-order valence-corrected chi connectivity index (χ2v) is 5.86. The van der Waals surface area contributed by atoms with E-state index in [0.29, 0.717) is 5.69 Å². The number of nitrogen functional groups attached to an aromatic ring is 1. The van der Waals surface area contributed by atoms with E-state index in [-0.39, 0.29) is 0 Å². The molecule has 0 radical (unpaired) electrons. The summed E-state index contributed by atoms with van der Waals surface area (Å²) < 4.78 is 15.5.